The van der Waals surface area contributed by atoms with Crippen LogP contribution in [-0.2, 0) is 9.47 Å². The number of morpholine rings is 2. The minimum Gasteiger partial charge on any atom is -0.495 e. The zero-order valence-corrected chi connectivity index (χ0v) is 22.5. The van der Waals surface area contributed by atoms with Crippen LogP contribution in [0.15, 0.2) is 42.7 Å². The number of rotatable bonds is 5. The Balaban J connectivity index is 1.10. The maximum absolute atomic E-state index is 13.0. The zero-order valence-electron chi connectivity index (χ0n) is 22.5. The molecule has 206 valence electrons. The Labute approximate surface area is 228 Å². The van der Waals surface area contributed by atoms with E-state index >= 15 is 0 Å². The van der Waals surface area contributed by atoms with Gasteiger partial charge >= 0.3 is 6.03 Å². The van der Waals surface area contributed by atoms with Gasteiger partial charge in [0.05, 0.1) is 50.4 Å². The van der Waals surface area contributed by atoms with Crippen molar-refractivity contribution in [2.24, 2.45) is 0 Å². The number of hydrogen-bond acceptors (Lipinski definition) is 8. The fourth-order valence-corrected chi connectivity index (χ4v) is 5.77. The first-order valence-corrected chi connectivity index (χ1v) is 13.8. The second-order valence-electron chi connectivity index (χ2n) is 10.2. The van der Waals surface area contributed by atoms with E-state index in [-0.39, 0.29) is 11.9 Å². The van der Waals surface area contributed by atoms with Crippen LogP contribution in [0.25, 0.3) is 10.9 Å². The van der Waals surface area contributed by atoms with Gasteiger partial charge in [0.1, 0.15) is 12.1 Å². The van der Waals surface area contributed by atoms with Crippen LogP contribution < -0.4 is 19.9 Å². The molecule has 0 aliphatic carbocycles. The van der Waals surface area contributed by atoms with Gasteiger partial charge in [-0.15, -0.1) is 0 Å². The van der Waals surface area contributed by atoms with Gasteiger partial charge in [0, 0.05) is 61.9 Å². The number of urea groups is 1. The van der Waals surface area contributed by atoms with Gasteiger partial charge < -0.3 is 34.2 Å². The Kier molecular flexibility index (Phi) is 7.64. The fourth-order valence-electron chi connectivity index (χ4n) is 5.77. The molecule has 3 saturated heterocycles. The van der Waals surface area contributed by atoms with Crippen molar-refractivity contribution < 1.29 is 19.0 Å². The lowest BCUT2D eigenvalue weighted by Crippen LogP contribution is -2.40. The standard InChI is InChI=1S/C29H36N6O4/c1-37-27-18-24-25(19-26(27)34-12-16-39-17-13-34)30-20-31-28(24)21-6-8-35(9-7-21)29(36)32-22-2-4-23(5-3-22)33-10-14-38-15-11-33/h2-5,18-21H,6-17H2,1H3,(H,32,36). The summed E-state index contributed by atoms with van der Waals surface area (Å²) < 4.78 is 16.7. The molecule has 1 N–H and O–H groups in total. The molecule has 3 aromatic rings. The van der Waals surface area contributed by atoms with Crippen LogP contribution in [0.4, 0.5) is 21.9 Å². The van der Waals surface area contributed by atoms with Crippen molar-refractivity contribution in [3.05, 3.63) is 48.4 Å². The molecule has 1 aromatic heterocycles. The smallest absolute Gasteiger partial charge is 0.321 e. The van der Waals surface area contributed by atoms with E-state index in [0.29, 0.717) is 26.3 Å². The highest BCUT2D eigenvalue weighted by Gasteiger charge is 2.27. The predicted octanol–water partition coefficient (Wildman–Crippen LogP) is 3.72. The molecule has 39 heavy (non-hydrogen) atoms. The number of amides is 2. The monoisotopic (exact) mass is 532 g/mol. The number of benzene rings is 2. The van der Waals surface area contributed by atoms with E-state index in [1.807, 2.05) is 17.0 Å². The number of fused-ring (bicyclic) bond motifs is 1. The number of piperidine rings is 1. The SMILES string of the molecule is COc1cc2c(C3CCN(C(=O)Nc4ccc(N5CCOCC5)cc4)CC3)ncnc2cc1N1CCOCC1. The molecule has 0 radical (unpaired) electrons. The van der Waals surface area contributed by atoms with Crippen molar-refractivity contribution in [1.82, 2.24) is 14.9 Å². The number of anilines is 3. The molecule has 3 aliphatic rings. The van der Waals surface area contributed by atoms with Crippen molar-refractivity contribution >= 4 is 34.0 Å². The minimum atomic E-state index is -0.0584. The van der Waals surface area contributed by atoms with Crippen LogP contribution in [0, 0.1) is 0 Å². The number of ether oxygens (including phenoxy) is 3. The van der Waals surface area contributed by atoms with Crippen LogP contribution in [0.3, 0.4) is 0 Å². The summed E-state index contributed by atoms with van der Waals surface area (Å²) in [5.41, 5.74) is 4.96. The minimum absolute atomic E-state index is 0.0584. The van der Waals surface area contributed by atoms with E-state index in [4.69, 9.17) is 19.2 Å². The normalized spacial score (nSPS) is 18.8. The Morgan fingerprint density at radius 3 is 2.23 bits per heavy atom. The van der Waals surface area contributed by atoms with Gasteiger partial charge in [-0.3, -0.25) is 0 Å². The van der Waals surface area contributed by atoms with Crippen molar-refractivity contribution in [3.8, 4) is 5.75 Å². The van der Waals surface area contributed by atoms with Gasteiger partial charge in [-0.2, -0.15) is 0 Å². The quantitative estimate of drug-likeness (QED) is 0.532. The van der Waals surface area contributed by atoms with Gasteiger partial charge in [-0.1, -0.05) is 0 Å². The molecular weight excluding hydrogens is 496 g/mol. The molecule has 4 heterocycles. The highest BCUT2D eigenvalue weighted by Crippen LogP contribution is 2.37. The van der Waals surface area contributed by atoms with Crippen molar-refractivity contribution in [3.63, 3.8) is 0 Å². The Hall–Kier alpha value is -3.63. The van der Waals surface area contributed by atoms with E-state index in [0.717, 1.165) is 91.6 Å². The molecule has 0 saturated carbocycles. The summed E-state index contributed by atoms with van der Waals surface area (Å²) in [4.78, 5) is 28.8. The molecule has 6 rings (SSSR count). The molecule has 2 aromatic carbocycles. The van der Waals surface area contributed by atoms with E-state index in [2.05, 4.69) is 44.4 Å². The summed E-state index contributed by atoms with van der Waals surface area (Å²) in [7, 11) is 1.71. The van der Waals surface area contributed by atoms with Crippen LogP contribution in [0.1, 0.15) is 24.5 Å². The number of carbonyl (C=O) groups is 1. The van der Waals surface area contributed by atoms with Gasteiger partial charge in [0.2, 0.25) is 0 Å². The van der Waals surface area contributed by atoms with Gasteiger partial charge in [-0.25, -0.2) is 14.8 Å². The third-order valence-corrected chi connectivity index (χ3v) is 7.98. The summed E-state index contributed by atoms with van der Waals surface area (Å²) in [6.07, 6.45) is 3.36. The number of carbonyl (C=O) groups excluding carboxylic acids is 1. The van der Waals surface area contributed by atoms with E-state index in [9.17, 15) is 4.79 Å². The zero-order chi connectivity index (χ0) is 26.6. The molecule has 10 heteroatoms. The van der Waals surface area contributed by atoms with Gasteiger partial charge in [0.15, 0.2) is 0 Å². The number of methoxy groups -OCH3 is 1. The largest absolute Gasteiger partial charge is 0.495 e. The maximum atomic E-state index is 13.0. The van der Waals surface area contributed by atoms with E-state index in [1.54, 1.807) is 13.4 Å². The summed E-state index contributed by atoms with van der Waals surface area (Å²) in [5, 5.41) is 4.09. The molecule has 10 nitrogen and oxygen atoms in total. The van der Waals surface area contributed by atoms with Crippen LogP contribution in [-0.4, -0.2) is 93.7 Å². The lowest BCUT2D eigenvalue weighted by atomic mass is 9.91. The fraction of sp³-hybridized carbons (Fsp3) is 0.483. The van der Waals surface area contributed by atoms with Crippen molar-refractivity contribution in [2.45, 2.75) is 18.8 Å². The second kappa shape index (κ2) is 11.6. The number of likely N-dealkylation sites (tertiary alicyclic amines) is 1. The molecule has 3 aliphatic heterocycles. The summed E-state index contributed by atoms with van der Waals surface area (Å²) >= 11 is 0. The summed E-state index contributed by atoms with van der Waals surface area (Å²) in [6.45, 7) is 7.73. The Morgan fingerprint density at radius 2 is 1.56 bits per heavy atom. The number of nitrogens with one attached hydrogen (secondary N) is 1. The highest BCUT2D eigenvalue weighted by molar-refractivity contribution is 5.90. The van der Waals surface area contributed by atoms with E-state index in [1.165, 1.54) is 0 Å². The van der Waals surface area contributed by atoms with Gasteiger partial charge in [0.25, 0.3) is 0 Å². The first kappa shape index (κ1) is 25.6. The third kappa shape index (κ3) is 5.58. The maximum Gasteiger partial charge on any atom is 0.321 e. The molecule has 0 unspecified atom stereocenters. The predicted molar refractivity (Wildman–Crippen MR) is 151 cm³/mol. The van der Waals surface area contributed by atoms with Crippen molar-refractivity contribution in [1.29, 1.82) is 0 Å². The van der Waals surface area contributed by atoms with E-state index < -0.39 is 0 Å². The number of nitrogens with zero attached hydrogens (tertiary/aromatic N) is 5. The average Bonchev–Trinajstić information content (AvgIpc) is 3.01. The first-order chi connectivity index (χ1) is 19.2. The molecule has 0 bridgehead atoms. The number of aromatic nitrogens is 2. The molecule has 3 fully saturated rings. The Bertz CT molecular complexity index is 1280. The topological polar surface area (TPSA) is 92.3 Å². The highest BCUT2D eigenvalue weighted by atomic mass is 16.5. The summed E-state index contributed by atoms with van der Waals surface area (Å²) in [6, 6.07) is 12.2. The molecule has 2 amide bonds. The second-order valence-corrected chi connectivity index (χ2v) is 10.2. The molecule has 0 spiro atoms. The third-order valence-electron chi connectivity index (χ3n) is 7.98. The van der Waals surface area contributed by atoms with Crippen LogP contribution >= 0.6 is 0 Å². The number of hydrogen-bond donors (Lipinski definition) is 1. The lowest BCUT2D eigenvalue weighted by molar-refractivity contribution is 0.122. The molecular formula is C29H36N6O4. The van der Waals surface area contributed by atoms with Crippen LogP contribution in [0.2, 0.25) is 0 Å². The van der Waals surface area contributed by atoms with Crippen molar-refractivity contribution in [2.75, 3.05) is 87.9 Å². The van der Waals surface area contributed by atoms with Gasteiger partial charge in [-0.05, 0) is 49.2 Å². The lowest BCUT2D eigenvalue weighted by Gasteiger charge is -2.33. The first-order valence-electron chi connectivity index (χ1n) is 13.8. The summed E-state index contributed by atoms with van der Waals surface area (Å²) in [5.74, 6) is 1.09. The average molecular weight is 533 g/mol. The Morgan fingerprint density at radius 1 is 0.897 bits per heavy atom. The molecule has 0 atom stereocenters. The van der Waals surface area contributed by atoms with Crippen LogP contribution in [0.5, 0.6) is 5.75 Å².